The first-order chi connectivity index (χ1) is 14.9. The summed E-state index contributed by atoms with van der Waals surface area (Å²) in [4.78, 5) is 12.8. The Hall–Kier alpha value is -3.18. The molecule has 3 aromatic rings. The number of nitrogens with zero attached hydrogens (tertiary/aromatic N) is 3. The average molecular weight is 446 g/mol. The van der Waals surface area contributed by atoms with Gasteiger partial charge in [0.05, 0.1) is 19.9 Å². The van der Waals surface area contributed by atoms with E-state index in [1.807, 2.05) is 0 Å². The Morgan fingerprint density at radius 3 is 2.61 bits per heavy atom. The first kappa shape index (κ1) is 21.1. The van der Waals surface area contributed by atoms with Gasteiger partial charge in [0.25, 0.3) is 0 Å². The molecule has 0 spiro atoms. The summed E-state index contributed by atoms with van der Waals surface area (Å²) in [5, 5.41) is 10.3. The molecule has 31 heavy (non-hydrogen) atoms. The molecule has 1 N–H and O–H groups in total. The molecule has 4 rings (SSSR count). The molecule has 1 fully saturated rings. The largest absolute Gasteiger partial charge is 0.497 e. The number of sulfonamides is 1. The van der Waals surface area contributed by atoms with Crippen LogP contribution < -0.4 is 14.8 Å². The summed E-state index contributed by atoms with van der Waals surface area (Å²) in [5.74, 6) is 0.593. The summed E-state index contributed by atoms with van der Waals surface area (Å²) in [6.07, 6.45) is 0.786. The van der Waals surface area contributed by atoms with Crippen LogP contribution in [0.5, 0.6) is 11.5 Å². The predicted molar refractivity (Wildman–Crippen MR) is 111 cm³/mol. The third-order valence-corrected chi connectivity index (χ3v) is 7.29. The van der Waals surface area contributed by atoms with Crippen molar-refractivity contribution in [1.82, 2.24) is 14.6 Å². The number of amides is 1. The van der Waals surface area contributed by atoms with E-state index in [-0.39, 0.29) is 35.3 Å². The molecule has 1 aliphatic rings. The zero-order valence-corrected chi connectivity index (χ0v) is 17.9. The maximum atomic E-state index is 13.1. The lowest BCUT2D eigenvalue weighted by Gasteiger charge is -2.30. The fraction of sp³-hybridized carbons (Fsp3) is 0.350. The second-order valence-corrected chi connectivity index (χ2v) is 9.03. The fourth-order valence-electron chi connectivity index (χ4n) is 3.63. The Kier molecular flexibility index (Phi) is 5.79. The van der Waals surface area contributed by atoms with Crippen molar-refractivity contribution in [2.24, 2.45) is 5.92 Å². The van der Waals surface area contributed by atoms with E-state index in [2.05, 4.69) is 20.3 Å². The van der Waals surface area contributed by atoms with Crippen LogP contribution in [0.15, 0.2) is 45.9 Å². The minimum atomic E-state index is -3.78. The van der Waals surface area contributed by atoms with Gasteiger partial charge in [0.2, 0.25) is 15.9 Å². The van der Waals surface area contributed by atoms with Crippen molar-refractivity contribution in [3.63, 3.8) is 0 Å². The molecule has 10 nitrogen and oxygen atoms in total. The lowest BCUT2D eigenvalue weighted by molar-refractivity contribution is -0.120. The van der Waals surface area contributed by atoms with E-state index in [0.29, 0.717) is 35.5 Å². The van der Waals surface area contributed by atoms with Gasteiger partial charge >= 0.3 is 0 Å². The van der Waals surface area contributed by atoms with Crippen LogP contribution in [0.3, 0.4) is 0 Å². The highest BCUT2D eigenvalue weighted by Crippen LogP contribution is 2.31. The van der Waals surface area contributed by atoms with Gasteiger partial charge in [-0.1, -0.05) is 6.07 Å². The number of aromatic nitrogens is 2. The molecule has 0 bridgehead atoms. The van der Waals surface area contributed by atoms with Crippen molar-refractivity contribution in [2.75, 3.05) is 32.6 Å². The van der Waals surface area contributed by atoms with E-state index in [9.17, 15) is 13.2 Å². The van der Waals surface area contributed by atoms with Gasteiger partial charge in [-0.3, -0.25) is 4.79 Å². The molecule has 1 amide bonds. The van der Waals surface area contributed by atoms with Crippen molar-refractivity contribution in [3.05, 3.63) is 36.4 Å². The first-order valence-corrected chi connectivity index (χ1v) is 11.1. The number of ether oxygens (including phenoxy) is 2. The minimum Gasteiger partial charge on any atom is -0.497 e. The Morgan fingerprint density at radius 1 is 1.13 bits per heavy atom. The number of fused-ring (bicyclic) bond motifs is 1. The molecule has 2 aromatic carbocycles. The second-order valence-electron chi connectivity index (χ2n) is 7.12. The number of carbonyl (C=O) groups excluding carboxylic acids is 1. The molecule has 0 saturated carbocycles. The normalized spacial score (nSPS) is 15.7. The zero-order chi connectivity index (χ0) is 22.0. The monoisotopic (exact) mass is 446 g/mol. The van der Waals surface area contributed by atoms with Gasteiger partial charge in [0.1, 0.15) is 21.9 Å². The van der Waals surface area contributed by atoms with Gasteiger partial charge in [0, 0.05) is 25.1 Å². The smallest absolute Gasteiger partial charge is 0.245 e. The van der Waals surface area contributed by atoms with E-state index < -0.39 is 10.0 Å². The highest BCUT2D eigenvalue weighted by atomic mass is 32.2. The number of rotatable bonds is 6. The highest BCUT2D eigenvalue weighted by Gasteiger charge is 2.34. The summed E-state index contributed by atoms with van der Waals surface area (Å²) in [5.41, 5.74) is 1.09. The topological polar surface area (TPSA) is 124 Å². The van der Waals surface area contributed by atoms with Gasteiger partial charge in [-0.2, -0.15) is 4.31 Å². The maximum Gasteiger partial charge on any atom is 0.245 e. The summed E-state index contributed by atoms with van der Waals surface area (Å²) in [6.45, 7) is 0.439. The number of piperidine rings is 1. The molecular formula is C20H22N4O6S. The molecule has 11 heteroatoms. The lowest BCUT2D eigenvalue weighted by Crippen LogP contribution is -2.41. The third-order valence-electron chi connectivity index (χ3n) is 5.36. The average Bonchev–Trinajstić information content (AvgIpc) is 3.28. The minimum absolute atomic E-state index is 0.0512. The van der Waals surface area contributed by atoms with Crippen LogP contribution in [0, 0.1) is 5.92 Å². The van der Waals surface area contributed by atoms with E-state index in [1.54, 1.807) is 37.4 Å². The number of anilines is 1. The molecule has 1 saturated heterocycles. The van der Waals surface area contributed by atoms with Crippen LogP contribution >= 0.6 is 0 Å². The Morgan fingerprint density at radius 2 is 1.90 bits per heavy atom. The van der Waals surface area contributed by atoms with Gasteiger partial charge in [-0.15, -0.1) is 0 Å². The Balaban J connectivity index is 1.45. The molecule has 1 aromatic heterocycles. The van der Waals surface area contributed by atoms with E-state index in [0.717, 1.165) is 0 Å². The zero-order valence-electron chi connectivity index (χ0n) is 17.1. The van der Waals surface area contributed by atoms with Crippen molar-refractivity contribution < 1.29 is 27.3 Å². The van der Waals surface area contributed by atoms with Gasteiger partial charge in [0.15, 0.2) is 5.52 Å². The van der Waals surface area contributed by atoms with Crippen molar-refractivity contribution in [1.29, 1.82) is 0 Å². The molecule has 0 radical (unpaired) electrons. The Bertz CT molecular complexity index is 1200. The summed E-state index contributed by atoms with van der Waals surface area (Å²) >= 11 is 0. The predicted octanol–water partition coefficient (Wildman–Crippen LogP) is 2.28. The standard InChI is InChI=1S/C20H22N4O6S/c1-28-14-6-7-17(29-2)16(12-14)21-20(25)13-8-10-24(11-9-13)31(26,27)18-5-3-4-15-19(18)23-30-22-15/h3-7,12-13H,8-11H2,1-2H3,(H,21,25). The van der Waals surface area contributed by atoms with Crippen LogP contribution in [-0.2, 0) is 14.8 Å². The molecule has 2 heterocycles. The number of hydrogen-bond acceptors (Lipinski definition) is 8. The summed E-state index contributed by atoms with van der Waals surface area (Å²) in [7, 11) is -0.723. The number of methoxy groups -OCH3 is 2. The van der Waals surface area contributed by atoms with Crippen LogP contribution in [-0.4, -0.2) is 56.3 Å². The van der Waals surface area contributed by atoms with E-state index in [1.165, 1.54) is 17.5 Å². The molecule has 164 valence electrons. The quantitative estimate of drug-likeness (QED) is 0.612. The van der Waals surface area contributed by atoms with Crippen LogP contribution in [0.2, 0.25) is 0 Å². The van der Waals surface area contributed by atoms with Gasteiger partial charge in [-0.25, -0.2) is 13.0 Å². The highest BCUT2D eigenvalue weighted by molar-refractivity contribution is 7.89. The van der Waals surface area contributed by atoms with Gasteiger partial charge < -0.3 is 14.8 Å². The fourth-order valence-corrected chi connectivity index (χ4v) is 5.24. The molecule has 1 aliphatic heterocycles. The maximum absolute atomic E-state index is 13.1. The molecule has 0 aliphatic carbocycles. The molecule has 0 atom stereocenters. The number of hydrogen-bond donors (Lipinski definition) is 1. The second kappa shape index (κ2) is 8.52. The number of benzene rings is 2. The van der Waals surface area contributed by atoms with E-state index in [4.69, 9.17) is 9.47 Å². The van der Waals surface area contributed by atoms with Crippen molar-refractivity contribution in [2.45, 2.75) is 17.7 Å². The molecule has 0 unspecified atom stereocenters. The lowest BCUT2D eigenvalue weighted by atomic mass is 9.97. The third kappa shape index (κ3) is 4.06. The van der Waals surface area contributed by atoms with Crippen LogP contribution in [0.1, 0.15) is 12.8 Å². The van der Waals surface area contributed by atoms with Gasteiger partial charge in [-0.05, 0) is 47.4 Å². The molecular weight excluding hydrogens is 424 g/mol. The van der Waals surface area contributed by atoms with E-state index >= 15 is 0 Å². The van der Waals surface area contributed by atoms with Crippen molar-refractivity contribution in [3.8, 4) is 11.5 Å². The Labute approximate surface area is 179 Å². The van der Waals surface area contributed by atoms with Crippen LogP contribution in [0.4, 0.5) is 5.69 Å². The number of carbonyl (C=O) groups is 1. The SMILES string of the molecule is COc1ccc(OC)c(NC(=O)C2CCN(S(=O)(=O)c3cccc4nonc34)CC2)c1. The summed E-state index contributed by atoms with van der Waals surface area (Å²) in [6, 6.07) is 9.85. The van der Waals surface area contributed by atoms with Crippen molar-refractivity contribution >= 4 is 32.7 Å². The summed E-state index contributed by atoms with van der Waals surface area (Å²) < 4.78 is 42.8. The first-order valence-electron chi connectivity index (χ1n) is 9.68. The van der Waals surface area contributed by atoms with Crippen LogP contribution in [0.25, 0.3) is 11.0 Å². The number of nitrogens with one attached hydrogen (secondary N) is 1.